The molecule has 2 rings (SSSR count). The summed E-state index contributed by atoms with van der Waals surface area (Å²) in [4.78, 5) is 11.6. The number of hydrogen-bond donors (Lipinski definition) is 0. The molecule has 0 aliphatic carbocycles. The van der Waals surface area contributed by atoms with E-state index in [-0.39, 0.29) is 5.78 Å². The number of carbonyl (C=O) groups is 1. The summed E-state index contributed by atoms with van der Waals surface area (Å²) in [6, 6.07) is 19.7. The van der Waals surface area contributed by atoms with Crippen molar-refractivity contribution in [3.8, 4) is 11.8 Å². The van der Waals surface area contributed by atoms with Crippen LogP contribution in [-0.4, -0.2) is 5.78 Å². The number of allylic oxidation sites excluding steroid dienone is 4. The molecule has 1 heteroatoms. The van der Waals surface area contributed by atoms with Gasteiger partial charge in [0.15, 0.2) is 0 Å². The van der Waals surface area contributed by atoms with Gasteiger partial charge in [-0.25, -0.2) is 0 Å². The Balaban J connectivity index is 1.82. The molecule has 2 aromatic carbocycles. The maximum Gasteiger partial charge on any atom is 0.229 e. The third-order valence-corrected chi connectivity index (χ3v) is 2.79. The number of benzene rings is 2. The van der Waals surface area contributed by atoms with Crippen LogP contribution in [0.4, 0.5) is 0 Å². The summed E-state index contributed by atoms with van der Waals surface area (Å²) >= 11 is 0. The predicted octanol–water partition coefficient (Wildman–Crippen LogP) is 3.96. The summed E-state index contributed by atoms with van der Waals surface area (Å²) in [7, 11) is 0. The number of carbonyl (C=O) groups excluding carboxylic acids is 1. The van der Waals surface area contributed by atoms with Crippen LogP contribution in [0.25, 0.3) is 0 Å². The molecule has 21 heavy (non-hydrogen) atoms. The van der Waals surface area contributed by atoms with E-state index in [0.29, 0.717) is 0 Å². The molecule has 0 radical (unpaired) electrons. The fourth-order valence-electron chi connectivity index (χ4n) is 1.74. The smallest absolute Gasteiger partial charge is 0.229 e. The van der Waals surface area contributed by atoms with E-state index in [1.807, 2.05) is 60.7 Å². The lowest BCUT2D eigenvalue weighted by Gasteiger charge is -1.92. The first-order valence-electron chi connectivity index (χ1n) is 6.83. The Morgan fingerprint density at radius 2 is 1.57 bits per heavy atom. The van der Waals surface area contributed by atoms with Gasteiger partial charge in [-0.2, -0.15) is 0 Å². The van der Waals surface area contributed by atoms with Crippen molar-refractivity contribution in [1.82, 2.24) is 0 Å². The van der Waals surface area contributed by atoms with Crippen molar-refractivity contribution in [2.75, 3.05) is 0 Å². The molecule has 0 aromatic heterocycles. The van der Waals surface area contributed by atoms with Gasteiger partial charge in [0.2, 0.25) is 5.78 Å². The molecule has 0 N–H and O–H groups in total. The molecule has 0 spiro atoms. The first-order chi connectivity index (χ1) is 10.3. The molecule has 2 aromatic rings. The molecular weight excluding hydrogens is 256 g/mol. The molecule has 0 amide bonds. The standard InChI is InChI=1S/C20H16O/c21-20(17-16-19-13-6-2-7-14-19)15-9-3-8-12-18-10-4-1-5-11-18/h1-11,13-15H,12H2/b8-3-,15-9+. The van der Waals surface area contributed by atoms with Gasteiger partial charge in [-0.3, -0.25) is 4.79 Å². The van der Waals surface area contributed by atoms with E-state index in [9.17, 15) is 4.79 Å². The summed E-state index contributed by atoms with van der Waals surface area (Å²) in [6.07, 6.45) is 7.95. The van der Waals surface area contributed by atoms with Crippen LogP contribution in [0.1, 0.15) is 11.1 Å². The quantitative estimate of drug-likeness (QED) is 0.468. The normalized spacial score (nSPS) is 10.5. The molecular formula is C20H16O. The Bertz CT molecular complexity index is 683. The van der Waals surface area contributed by atoms with Crippen molar-refractivity contribution >= 4 is 5.78 Å². The van der Waals surface area contributed by atoms with Crippen LogP contribution in [0.15, 0.2) is 85.0 Å². The molecule has 102 valence electrons. The van der Waals surface area contributed by atoms with E-state index in [2.05, 4.69) is 24.0 Å². The zero-order chi connectivity index (χ0) is 14.8. The summed E-state index contributed by atoms with van der Waals surface area (Å²) in [5.74, 6) is 5.24. The first kappa shape index (κ1) is 14.6. The summed E-state index contributed by atoms with van der Waals surface area (Å²) in [6.45, 7) is 0. The molecule has 0 saturated heterocycles. The Morgan fingerprint density at radius 3 is 2.29 bits per heavy atom. The Morgan fingerprint density at radius 1 is 0.905 bits per heavy atom. The molecule has 0 heterocycles. The van der Waals surface area contributed by atoms with Crippen molar-refractivity contribution in [3.63, 3.8) is 0 Å². The van der Waals surface area contributed by atoms with Crippen LogP contribution in [0.2, 0.25) is 0 Å². The van der Waals surface area contributed by atoms with E-state index in [4.69, 9.17) is 0 Å². The molecule has 0 atom stereocenters. The fourth-order valence-corrected chi connectivity index (χ4v) is 1.74. The van der Waals surface area contributed by atoms with Crippen molar-refractivity contribution < 1.29 is 4.79 Å². The zero-order valence-corrected chi connectivity index (χ0v) is 11.7. The van der Waals surface area contributed by atoms with Crippen LogP contribution >= 0.6 is 0 Å². The number of hydrogen-bond acceptors (Lipinski definition) is 1. The van der Waals surface area contributed by atoms with Crippen molar-refractivity contribution in [2.24, 2.45) is 0 Å². The van der Waals surface area contributed by atoms with Crippen molar-refractivity contribution in [1.29, 1.82) is 0 Å². The second-order valence-corrected chi connectivity index (χ2v) is 4.46. The van der Waals surface area contributed by atoms with Gasteiger partial charge in [-0.15, -0.1) is 0 Å². The van der Waals surface area contributed by atoms with Gasteiger partial charge >= 0.3 is 0 Å². The molecule has 1 nitrogen and oxygen atoms in total. The Hall–Kier alpha value is -2.85. The Kier molecular flexibility index (Phi) is 5.79. The number of rotatable bonds is 4. The third kappa shape index (κ3) is 5.76. The topological polar surface area (TPSA) is 17.1 Å². The highest BCUT2D eigenvalue weighted by Gasteiger charge is 1.88. The Labute approximate surface area is 125 Å². The minimum Gasteiger partial charge on any atom is -0.280 e. The average molecular weight is 272 g/mol. The SMILES string of the molecule is O=C(C#Cc1ccccc1)/C=C/C=C\Cc1ccccc1. The van der Waals surface area contributed by atoms with E-state index in [0.717, 1.165) is 12.0 Å². The second-order valence-electron chi connectivity index (χ2n) is 4.46. The monoisotopic (exact) mass is 272 g/mol. The zero-order valence-electron chi connectivity index (χ0n) is 11.7. The first-order valence-corrected chi connectivity index (χ1v) is 6.83. The highest BCUT2D eigenvalue weighted by Crippen LogP contribution is 2.00. The van der Waals surface area contributed by atoms with Gasteiger partial charge in [-0.05, 0) is 36.1 Å². The predicted molar refractivity (Wildman–Crippen MR) is 86.8 cm³/mol. The minimum absolute atomic E-state index is 0.191. The van der Waals surface area contributed by atoms with Gasteiger partial charge in [0, 0.05) is 5.56 Å². The van der Waals surface area contributed by atoms with E-state index < -0.39 is 0 Å². The van der Waals surface area contributed by atoms with Crippen molar-refractivity contribution in [3.05, 3.63) is 96.1 Å². The summed E-state index contributed by atoms with van der Waals surface area (Å²) in [5.41, 5.74) is 2.09. The van der Waals surface area contributed by atoms with Gasteiger partial charge in [0.1, 0.15) is 0 Å². The van der Waals surface area contributed by atoms with Gasteiger partial charge < -0.3 is 0 Å². The van der Waals surface area contributed by atoms with E-state index in [1.54, 1.807) is 6.08 Å². The van der Waals surface area contributed by atoms with Crippen LogP contribution < -0.4 is 0 Å². The van der Waals surface area contributed by atoms with E-state index in [1.165, 1.54) is 11.6 Å². The van der Waals surface area contributed by atoms with Gasteiger partial charge in [-0.1, -0.05) is 72.7 Å². The van der Waals surface area contributed by atoms with E-state index >= 15 is 0 Å². The molecule has 0 fully saturated rings. The average Bonchev–Trinajstić information content (AvgIpc) is 2.54. The number of ketones is 1. The second kappa shape index (κ2) is 8.35. The maximum absolute atomic E-state index is 11.6. The van der Waals surface area contributed by atoms with Crippen LogP contribution in [0.5, 0.6) is 0 Å². The highest BCUT2D eigenvalue weighted by atomic mass is 16.1. The summed E-state index contributed by atoms with van der Waals surface area (Å²) in [5, 5.41) is 0. The van der Waals surface area contributed by atoms with Gasteiger partial charge in [0.05, 0.1) is 0 Å². The molecule has 0 aliphatic heterocycles. The fraction of sp³-hybridized carbons (Fsp3) is 0.0500. The van der Waals surface area contributed by atoms with Crippen LogP contribution in [0, 0.1) is 11.8 Å². The van der Waals surface area contributed by atoms with Crippen LogP contribution in [-0.2, 0) is 11.2 Å². The van der Waals surface area contributed by atoms with Crippen LogP contribution in [0.3, 0.4) is 0 Å². The lowest BCUT2D eigenvalue weighted by atomic mass is 10.1. The summed E-state index contributed by atoms with van der Waals surface area (Å²) < 4.78 is 0. The molecule has 0 unspecified atom stereocenters. The largest absolute Gasteiger partial charge is 0.280 e. The molecule has 0 saturated carbocycles. The highest BCUT2D eigenvalue weighted by molar-refractivity contribution is 6.04. The minimum atomic E-state index is -0.191. The molecule has 0 bridgehead atoms. The van der Waals surface area contributed by atoms with Gasteiger partial charge in [0.25, 0.3) is 0 Å². The van der Waals surface area contributed by atoms with Crippen molar-refractivity contribution in [2.45, 2.75) is 6.42 Å². The third-order valence-electron chi connectivity index (χ3n) is 2.79. The lowest BCUT2D eigenvalue weighted by Crippen LogP contribution is -1.85. The molecule has 0 aliphatic rings. The maximum atomic E-state index is 11.6. The lowest BCUT2D eigenvalue weighted by molar-refractivity contribution is -0.109.